The zero-order valence-corrected chi connectivity index (χ0v) is 12.8. The third-order valence-corrected chi connectivity index (χ3v) is 4.74. The largest absolute Gasteiger partial charge is 0.327 e. The number of hydrogen-bond acceptors (Lipinski definition) is 3. The van der Waals surface area contributed by atoms with Gasteiger partial charge in [-0.3, -0.25) is 0 Å². The zero-order chi connectivity index (χ0) is 13.2. The van der Waals surface area contributed by atoms with Crippen molar-refractivity contribution in [3.05, 3.63) is 15.6 Å². The van der Waals surface area contributed by atoms with Gasteiger partial charge >= 0.3 is 0 Å². The van der Waals surface area contributed by atoms with Gasteiger partial charge in [-0.15, -0.1) is 11.3 Å². The summed E-state index contributed by atoms with van der Waals surface area (Å²) in [5.74, 6) is 0.639. The lowest BCUT2D eigenvalue weighted by atomic mass is 9.78. The van der Waals surface area contributed by atoms with Crippen LogP contribution in [0.15, 0.2) is 0 Å². The minimum Gasteiger partial charge on any atom is -0.327 e. The normalized spacial score (nSPS) is 15.9. The minimum absolute atomic E-state index is 0.231. The molecule has 3 heteroatoms. The van der Waals surface area contributed by atoms with E-state index >= 15 is 0 Å². The number of hydrogen-bond donors (Lipinski definition) is 1. The first kappa shape index (κ1) is 14.7. The summed E-state index contributed by atoms with van der Waals surface area (Å²) >= 11 is 1.79. The molecule has 1 rings (SSSR count). The highest BCUT2D eigenvalue weighted by Gasteiger charge is 2.22. The Kier molecular flexibility index (Phi) is 4.73. The van der Waals surface area contributed by atoms with Crippen LogP contribution in [0.1, 0.15) is 49.7 Å². The van der Waals surface area contributed by atoms with Gasteiger partial charge in [0, 0.05) is 17.3 Å². The summed E-state index contributed by atoms with van der Waals surface area (Å²) in [5, 5.41) is 1.19. The number of rotatable bonds is 4. The van der Waals surface area contributed by atoms with Gasteiger partial charge in [-0.05, 0) is 31.6 Å². The van der Waals surface area contributed by atoms with Gasteiger partial charge in [-0.1, -0.05) is 27.7 Å². The van der Waals surface area contributed by atoms with Gasteiger partial charge in [0.25, 0.3) is 0 Å². The van der Waals surface area contributed by atoms with Gasteiger partial charge in [-0.25, -0.2) is 4.98 Å². The molecule has 0 spiro atoms. The topological polar surface area (TPSA) is 38.9 Å². The van der Waals surface area contributed by atoms with Crippen molar-refractivity contribution in [1.82, 2.24) is 4.98 Å². The van der Waals surface area contributed by atoms with E-state index < -0.39 is 0 Å². The van der Waals surface area contributed by atoms with Crippen LogP contribution in [0.5, 0.6) is 0 Å². The Bertz CT molecular complexity index is 343. The highest BCUT2D eigenvalue weighted by atomic mass is 32.1. The third-order valence-electron chi connectivity index (χ3n) is 3.64. The maximum Gasteiger partial charge on any atom is 0.0946 e. The predicted molar refractivity (Wildman–Crippen MR) is 76.5 cm³/mol. The Morgan fingerprint density at radius 3 is 2.29 bits per heavy atom. The first-order valence-corrected chi connectivity index (χ1v) is 7.20. The molecule has 1 aromatic heterocycles. The maximum absolute atomic E-state index is 6.23. The van der Waals surface area contributed by atoms with Crippen molar-refractivity contribution in [2.75, 3.05) is 0 Å². The first-order chi connectivity index (χ1) is 7.70. The van der Waals surface area contributed by atoms with Crippen LogP contribution >= 0.6 is 11.3 Å². The van der Waals surface area contributed by atoms with E-state index in [1.807, 2.05) is 0 Å². The molecule has 0 radical (unpaired) electrons. The van der Waals surface area contributed by atoms with E-state index in [0.29, 0.717) is 11.3 Å². The average molecular weight is 254 g/mol. The van der Waals surface area contributed by atoms with Crippen molar-refractivity contribution in [3.63, 3.8) is 0 Å². The second-order valence-electron chi connectivity index (χ2n) is 6.22. The van der Waals surface area contributed by atoms with Crippen molar-refractivity contribution in [2.24, 2.45) is 17.1 Å². The second kappa shape index (κ2) is 5.49. The van der Waals surface area contributed by atoms with Crippen LogP contribution in [-0.4, -0.2) is 11.0 Å². The summed E-state index contributed by atoms with van der Waals surface area (Å²) < 4.78 is 0. The van der Waals surface area contributed by atoms with Crippen molar-refractivity contribution in [2.45, 2.75) is 60.4 Å². The molecule has 0 bridgehead atoms. The third kappa shape index (κ3) is 4.40. The van der Waals surface area contributed by atoms with E-state index in [0.717, 1.165) is 18.5 Å². The monoisotopic (exact) mass is 254 g/mol. The highest BCUT2D eigenvalue weighted by molar-refractivity contribution is 7.11. The first-order valence-electron chi connectivity index (χ1n) is 6.38. The van der Waals surface area contributed by atoms with E-state index in [-0.39, 0.29) is 6.04 Å². The van der Waals surface area contributed by atoms with Crippen LogP contribution < -0.4 is 5.73 Å². The molecule has 0 aliphatic carbocycles. The fourth-order valence-corrected chi connectivity index (χ4v) is 2.77. The molecule has 0 amide bonds. The SMILES string of the molecule is Cc1nc(CC(N)CC(C)C(C)(C)C)sc1C. The molecule has 2 unspecified atom stereocenters. The second-order valence-corrected chi connectivity index (χ2v) is 7.50. The van der Waals surface area contributed by atoms with E-state index in [9.17, 15) is 0 Å². The summed E-state index contributed by atoms with van der Waals surface area (Å²) in [6, 6.07) is 0.231. The van der Waals surface area contributed by atoms with Gasteiger partial charge in [0.05, 0.1) is 10.7 Å². The van der Waals surface area contributed by atoms with Crippen molar-refractivity contribution in [1.29, 1.82) is 0 Å². The van der Waals surface area contributed by atoms with E-state index in [2.05, 4.69) is 46.5 Å². The smallest absolute Gasteiger partial charge is 0.0946 e. The van der Waals surface area contributed by atoms with Crippen LogP contribution in [-0.2, 0) is 6.42 Å². The summed E-state index contributed by atoms with van der Waals surface area (Å²) in [4.78, 5) is 5.87. The van der Waals surface area contributed by atoms with E-state index in [1.54, 1.807) is 11.3 Å². The van der Waals surface area contributed by atoms with Crippen LogP contribution in [0.25, 0.3) is 0 Å². The lowest BCUT2D eigenvalue weighted by Gasteiger charge is -2.29. The minimum atomic E-state index is 0.231. The molecule has 0 aromatic carbocycles. The highest BCUT2D eigenvalue weighted by Crippen LogP contribution is 2.29. The maximum atomic E-state index is 6.23. The van der Waals surface area contributed by atoms with Gasteiger partial charge in [0.15, 0.2) is 0 Å². The van der Waals surface area contributed by atoms with Crippen LogP contribution in [0, 0.1) is 25.2 Å². The fourth-order valence-electron chi connectivity index (χ4n) is 1.74. The summed E-state index contributed by atoms with van der Waals surface area (Å²) in [7, 11) is 0. The zero-order valence-electron chi connectivity index (χ0n) is 12.0. The van der Waals surface area contributed by atoms with Crippen LogP contribution in [0.4, 0.5) is 0 Å². The molecule has 2 atom stereocenters. The van der Waals surface area contributed by atoms with Crippen molar-refractivity contribution in [3.8, 4) is 0 Å². The molecule has 17 heavy (non-hydrogen) atoms. The molecule has 2 nitrogen and oxygen atoms in total. The molecule has 0 saturated carbocycles. The Hall–Kier alpha value is -0.410. The number of aromatic nitrogens is 1. The molecule has 2 N–H and O–H groups in total. The molecule has 0 saturated heterocycles. The average Bonchev–Trinajstić information content (AvgIpc) is 2.43. The van der Waals surface area contributed by atoms with Gasteiger partial charge in [0.2, 0.25) is 0 Å². The van der Waals surface area contributed by atoms with Crippen LogP contribution in [0.3, 0.4) is 0 Å². The molecule has 0 aliphatic rings. The van der Waals surface area contributed by atoms with Crippen molar-refractivity contribution >= 4 is 11.3 Å². The predicted octanol–water partition coefficient (Wildman–Crippen LogP) is 3.70. The molecule has 1 heterocycles. The number of nitrogens with zero attached hydrogens (tertiary/aromatic N) is 1. The summed E-state index contributed by atoms with van der Waals surface area (Å²) in [6.45, 7) is 13.3. The fraction of sp³-hybridized carbons (Fsp3) is 0.786. The Morgan fingerprint density at radius 1 is 1.29 bits per heavy atom. The lowest BCUT2D eigenvalue weighted by molar-refractivity contribution is 0.233. The quantitative estimate of drug-likeness (QED) is 0.889. The molecule has 0 aliphatic heterocycles. The van der Waals surface area contributed by atoms with Gasteiger partial charge < -0.3 is 5.73 Å². The van der Waals surface area contributed by atoms with Crippen LogP contribution in [0.2, 0.25) is 0 Å². The summed E-state index contributed by atoms with van der Waals surface area (Å²) in [6.07, 6.45) is 1.99. The van der Waals surface area contributed by atoms with E-state index in [4.69, 9.17) is 5.73 Å². The van der Waals surface area contributed by atoms with E-state index in [1.165, 1.54) is 9.88 Å². The lowest BCUT2D eigenvalue weighted by Crippen LogP contribution is -2.30. The Morgan fingerprint density at radius 2 is 1.88 bits per heavy atom. The number of thiazole rings is 1. The molecule has 0 fully saturated rings. The van der Waals surface area contributed by atoms with Gasteiger partial charge in [-0.2, -0.15) is 0 Å². The van der Waals surface area contributed by atoms with Gasteiger partial charge in [0.1, 0.15) is 0 Å². The standard InChI is InChI=1S/C14H26N2S/c1-9(14(4,5)6)7-12(15)8-13-16-10(2)11(3)17-13/h9,12H,7-8,15H2,1-6H3. The van der Waals surface area contributed by atoms with Crippen molar-refractivity contribution < 1.29 is 0 Å². The Labute approximate surface area is 110 Å². The molecular formula is C14H26N2S. The summed E-state index contributed by atoms with van der Waals surface area (Å²) in [5.41, 5.74) is 7.72. The molecule has 98 valence electrons. The molecular weight excluding hydrogens is 228 g/mol. The Balaban J connectivity index is 2.52. The number of nitrogens with two attached hydrogens (primary N) is 1. The number of aryl methyl sites for hydroxylation is 2. The molecule has 1 aromatic rings.